The summed E-state index contributed by atoms with van der Waals surface area (Å²) < 4.78 is 4.58. The van der Waals surface area contributed by atoms with Gasteiger partial charge in [-0.3, -0.25) is 4.79 Å². The van der Waals surface area contributed by atoms with Gasteiger partial charge < -0.3 is 4.74 Å². The van der Waals surface area contributed by atoms with Crippen molar-refractivity contribution in [1.82, 2.24) is 0 Å². The van der Waals surface area contributed by atoms with Crippen LogP contribution >= 0.6 is 0 Å². The molecule has 142 valence electrons. The van der Waals surface area contributed by atoms with Crippen molar-refractivity contribution in [2.24, 2.45) is 0 Å². The lowest BCUT2D eigenvalue weighted by Crippen LogP contribution is -1.97. The van der Waals surface area contributed by atoms with Crippen LogP contribution in [0.4, 0.5) is 0 Å². The Morgan fingerprint density at radius 1 is 0.680 bits per heavy atom. The zero-order chi connectivity index (χ0) is 18.4. The maximum Gasteiger partial charge on any atom is 0.305 e. The maximum absolute atomic E-state index is 10.9. The van der Waals surface area contributed by atoms with E-state index in [-0.39, 0.29) is 5.97 Å². The van der Waals surface area contributed by atoms with Crippen LogP contribution in [0, 0.1) is 0 Å². The van der Waals surface area contributed by atoms with Crippen molar-refractivity contribution in [3.8, 4) is 0 Å². The Bertz CT molecular complexity index is 402. The largest absolute Gasteiger partial charge is 0.469 e. The topological polar surface area (TPSA) is 26.3 Å². The van der Waals surface area contributed by atoms with Crippen molar-refractivity contribution >= 4 is 5.97 Å². The summed E-state index contributed by atoms with van der Waals surface area (Å²) in [5.74, 6) is -0.156. The van der Waals surface area contributed by atoms with Gasteiger partial charge in [-0.1, -0.05) is 81.2 Å². The molecule has 0 aliphatic rings. The number of hydrogen-bond acceptors (Lipinski definition) is 2. The number of carbonyl (C=O) groups is 1. The Morgan fingerprint density at radius 2 is 1.20 bits per heavy atom. The highest BCUT2D eigenvalue weighted by atomic mass is 16.5. The molecule has 2 heteroatoms. The van der Waals surface area contributed by atoms with E-state index in [1.54, 1.807) is 0 Å². The van der Waals surface area contributed by atoms with Crippen molar-refractivity contribution in [1.29, 1.82) is 0 Å². The number of carbonyl (C=O) groups excluding carboxylic acids is 1. The summed E-state index contributed by atoms with van der Waals surface area (Å²) >= 11 is 0. The molecule has 0 heterocycles. The van der Waals surface area contributed by atoms with E-state index in [0.29, 0.717) is 6.42 Å². The van der Waals surface area contributed by atoms with Gasteiger partial charge in [0.15, 0.2) is 0 Å². The second-order valence-corrected chi connectivity index (χ2v) is 6.31. The fraction of sp³-hybridized carbons (Fsp3) is 0.609. The van der Waals surface area contributed by atoms with Gasteiger partial charge in [-0.2, -0.15) is 0 Å². The van der Waals surface area contributed by atoms with Gasteiger partial charge >= 0.3 is 5.97 Å². The van der Waals surface area contributed by atoms with Crippen molar-refractivity contribution in [3.05, 3.63) is 48.6 Å². The van der Waals surface area contributed by atoms with Gasteiger partial charge in [0.05, 0.1) is 7.11 Å². The van der Waals surface area contributed by atoms with Crippen LogP contribution in [0.3, 0.4) is 0 Å². The molecule has 0 radical (unpaired) electrons. The zero-order valence-corrected chi connectivity index (χ0v) is 16.4. The molecular formula is C23H38O2. The molecule has 0 aromatic rings. The molecule has 0 aromatic carbocycles. The Balaban J connectivity index is 3.36. The minimum Gasteiger partial charge on any atom is -0.469 e. The third-order valence-electron chi connectivity index (χ3n) is 3.98. The molecule has 25 heavy (non-hydrogen) atoms. The van der Waals surface area contributed by atoms with Crippen molar-refractivity contribution in [3.63, 3.8) is 0 Å². The van der Waals surface area contributed by atoms with E-state index in [9.17, 15) is 4.79 Å². The van der Waals surface area contributed by atoms with Crippen LogP contribution in [0.2, 0.25) is 0 Å². The van der Waals surface area contributed by atoms with E-state index in [2.05, 4.69) is 36.0 Å². The molecule has 0 N–H and O–H groups in total. The zero-order valence-electron chi connectivity index (χ0n) is 16.4. The molecule has 2 nitrogen and oxygen atoms in total. The van der Waals surface area contributed by atoms with Crippen LogP contribution in [0.15, 0.2) is 48.6 Å². The molecule has 0 saturated heterocycles. The monoisotopic (exact) mass is 346 g/mol. The molecule has 0 unspecified atom stereocenters. The fourth-order valence-corrected chi connectivity index (χ4v) is 2.41. The average molecular weight is 347 g/mol. The molecule has 0 aliphatic carbocycles. The molecule has 0 aromatic heterocycles. The van der Waals surface area contributed by atoms with Crippen LogP contribution in [0.1, 0.15) is 84.0 Å². The van der Waals surface area contributed by atoms with Gasteiger partial charge in [-0.15, -0.1) is 0 Å². The summed E-state index contributed by atoms with van der Waals surface area (Å²) in [6.45, 7) is 2.25. The number of esters is 1. The van der Waals surface area contributed by atoms with E-state index in [4.69, 9.17) is 0 Å². The summed E-state index contributed by atoms with van der Waals surface area (Å²) in [6, 6.07) is 0. The number of hydrogen-bond donors (Lipinski definition) is 0. The van der Waals surface area contributed by atoms with Gasteiger partial charge in [-0.05, 0) is 44.9 Å². The molecule has 0 aliphatic heterocycles. The first kappa shape index (κ1) is 23.4. The highest BCUT2D eigenvalue weighted by Gasteiger charge is 1.94. The minimum absolute atomic E-state index is 0.156. The van der Waals surface area contributed by atoms with Gasteiger partial charge in [0.2, 0.25) is 0 Å². The second-order valence-electron chi connectivity index (χ2n) is 6.31. The number of ether oxygens (including phenoxy) is 1. The summed E-state index contributed by atoms with van der Waals surface area (Å²) in [7, 11) is 1.42. The standard InChI is InChI=1S/C23H38O2/c1-3-4-5-6-7-8-9-10-11-12-13-14-15-16-17-18-19-20-21-22-23(24)25-2/h7-8,15-20H,3-6,9-14,21-22H2,1-2H3/b8-7+,16-15+,18-17+,20-19+. The SMILES string of the molecule is CCCCC/C=C/CCCCCC/C=C/C=C/C=C/CCC(=O)OC. The highest BCUT2D eigenvalue weighted by molar-refractivity contribution is 5.69. The molecule has 0 rings (SSSR count). The van der Waals surface area contributed by atoms with Gasteiger partial charge in [-0.25, -0.2) is 0 Å². The lowest BCUT2D eigenvalue weighted by Gasteiger charge is -1.97. The van der Waals surface area contributed by atoms with E-state index >= 15 is 0 Å². The Labute approximate surface area is 155 Å². The van der Waals surface area contributed by atoms with Crippen molar-refractivity contribution in [2.75, 3.05) is 7.11 Å². The summed E-state index contributed by atoms with van der Waals surface area (Å²) in [6.07, 6.45) is 31.2. The molecule has 0 atom stereocenters. The first-order chi connectivity index (χ1) is 12.3. The number of rotatable bonds is 16. The molecule has 0 saturated carbocycles. The number of unbranched alkanes of at least 4 members (excludes halogenated alkanes) is 8. The van der Waals surface area contributed by atoms with E-state index in [1.165, 1.54) is 64.9 Å². The normalized spacial score (nSPS) is 12.2. The predicted octanol–water partition coefficient (Wildman–Crippen LogP) is 7.09. The third-order valence-corrected chi connectivity index (χ3v) is 3.98. The molecule has 0 fully saturated rings. The lowest BCUT2D eigenvalue weighted by molar-refractivity contribution is -0.140. The highest BCUT2D eigenvalue weighted by Crippen LogP contribution is 2.07. The third kappa shape index (κ3) is 20.4. The van der Waals surface area contributed by atoms with Crippen LogP contribution < -0.4 is 0 Å². The molecule has 0 bridgehead atoms. The predicted molar refractivity (Wildman–Crippen MR) is 110 cm³/mol. The molecular weight excluding hydrogens is 308 g/mol. The van der Waals surface area contributed by atoms with Crippen molar-refractivity contribution < 1.29 is 9.53 Å². The maximum atomic E-state index is 10.9. The van der Waals surface area contributed by atoms with Crippen molar-refractivity contribution in [2.45, 2.75) is 84.0 Å². The Kier molecular flexibility index (Phi) is 19.2. The summed E-state index contributed by atoms with van der Waals surface area (Å²) in [4.78, 5) is 10.9. The second kappa shape index (κ2) is 20.5. The quantitative estimate of drug-likeness (QED) is 0.129. The smallest absolute Gasteiger partial charge is 0.305 e. The number of methoxy groups -OCH3 is 1. The molecule has 0 spiro atoms. The van der Waals surface area contributed by atoms with Gasteiger partial charge in [0.25, 0.3) is 0 Å². The summed E-state index contributed by atoms with van der Waals surface area (Å²) in [5.41, 5.74) is 0. The Hall–Kier alpha value is -1.57. The van der Waals surface area contributed by atoms with Gasteiger partial charge in [0, 0.05) is 6.42 Å². The minimum atomic E-state index is -0.156. The van der Waals surface area contributed by atoms with E-state index in [0.717, 1.165) is 12.8 Å². The number of allylic oxidation sites excluding steroid dienone is 8. The van der Waals surface area contributed by atoms with Crippen LogP contribution in [-0.4, -0.2) is 13.1 Å². The Morgan fingerprint density at radius 3 is 1.76 bits per heavy atom. The van der Waals surface area contributed by atoms with Gasteiger partial charge in [0.1, 0.15) is 0 Å². The van der Waals surface area contributed by atoms with Crippen LogP contribution in [0.5, 0.6) is 0 Å². The van der Waals surface area contributed by atoms with E-state index in [1.807, 2.05) is 24.3 Å². The lowest BCUT2D eigenvalue weighted by atomic mass is 10.1. The fourth-order valence-electron chi connectivity index (χ4n) is 2.41. The first-order valence-electron chi connectivity index (χ1n) is 10.0. The van der Waals surface area contributed by atoms with E-state index < -0.39 is 0 Å². The van der Waals surface area contributed by atoms with Crippen LogP contribution in [-0.2, 0) is 9.53 Å². The molecule has 0 amide bonds. The first-order valence-corrected chi connectivity index (χ1v) is 10.0. The average Bonchev–Trinajstić information content (AvgIpc) is 2.63. The summed E-state index contributed by atoms with van der Waals surface area (Å²) in [5, 5.41) is 0. The van der Waals surface area contributed by atoms with Crippen LogP contribution in [0.25, 0.3) is 0 Å².